The maximum absolute atomic E-state index is 12.5. The van der Waals surface area contributed by atoms with Crippen molar-refractivity contribution in [3.05, 3.63) is 0 Å². The summed E-state index contributed by atoms with van der Waals surface area (Å²) in [6.07, 6.45) is -5.25. The van der Waals surface area contributed by atoms with Crippen LogP contribution in [0.4, 0.5) is 9.59 Å². The van der Waals surface area contributed by atoms with Gasteiger partial charge in [0.2, 0.25) is 29.5 Å². The van der Waals surface area contributed by atoms with Gasteiger partial charge in [-0.1, -0.05) is 6.92 Å². The minimum atomic E-state index is -1.21. The molecule has 0 aromatic carbocycles. The Hall–Kier alpha value is -4.98. The molecule has 71 heavy (non-hydrogen) atoms. The molecule has 1 aliphatic rings. The third-order valence-corrected chi connectivity index (χ3v) is 11.1. The summed E-state index contributed by atoms with van der Waals surface area (Å²) in [5, 5.41) is 48.9. The number of nitrogens with two attached hydrogens (primary N) is 1. The van der Waals surface area contributed by atoms with Crippen LogP contribution in [0.5, 0.6) is 0 Å². The summed E-state index contributed by atoms with van der Waals surface area (Å²) in [4.78, 5) is 108. The van der Waals surface area contributed by atoms with E-state index >= 15 is 0 Å². The zero-order valence-electron chi connectivity index (χ0n) is 40.5. The zero-order valence-corrected chi connectivity index (χ0v) is 41.3. The van der Waals surface area contributed by atoms with Crippen LogP contribution in [0.3, 0.4) is 0 Å². The number of nitrogens with zero attached hydrogens (tertiary/aromatic N) is 1. The second-order valence-electron chi connectivity index (χ2n) is 15.5. The Bertz CT molecular complexity index is 1630. The quantitative estimate of drug-likeness (QED) is 0.0170. The molecule has 7 amide bonds. The largest absolute Gasteiger partial charge is 0.481 e. The Morgan fingerprint density at radius 1 is 0.704 bits per heavy atom. The molecule has 29 heteroatoms. The van der Waals surface area contributed by atoms with E-state index < -0.39 is 96.5 Å². The standard InChI is InChI=1S/C42H73N7O21S/c1-4-28(22-50)69-38(25-67-42(62)48-12-8-36(56)57)68-27(2)5-6-29(23-51)70-37(63-3)24-66-41(61)47-11-7-32(52)44-13-14-45-34(54)10-17-64-19-20-65-18-15-46-33(53)9-16-49-35(55)21-31(39(49)58)71-26-30(43)40(59)60/h27-31,37-38,50-51H,4-26,43H2,1-3H3,(H,44,52)(H,45,54)(H,46,53)(H,47,61)(H,48,62)(H,56,57)(H,59,60). The number of thioether (sulfide) groups is 1. The molecule has 7 unspecified atom stereocenters. The van der Waals surface area contributed by atoms with Gasteiger partial charge in [0.15, 0.2) is 12.6 Å². The van der Waals surface area contributed by atoms with E-state index in [0.717, 1.165) is 16.7 Å². The van der Waals surface area contributed by atoms with E-state index in [9.17, 15) is 53.4 Å². The van der Waals surface area contributed by atoms with E-state index in [2.05, 4.69) is 26.6 Å². The van der Waals surface area contributed by atoms with E-state index in [1.54, 1.807) is 13.8 Å². The van der Waals surface area contributed by atoms with E-state index in [4.69, 9.17) is 53.8 Å². The molecule has 0 aliphatic carbocycles. The molecule has 0 radical (unpaired) electrons. The van der Waals surface area contributed by atoms with Gasteiger partial charge in [0.05, 0.1) is 69.6 Å². The monoisotopic (exact) mass is 1040 g/mol. The normalized spacial score (nSPS) is 16.0. The van der Waals surface area contributed by atoms with Crippen LogP contribution in [0, 0.1) is 0 Å². The number of carboxylic acid groups (broad SMARTS) is 2. The second kappa shape index (κ2) is 38.7. The Morgan fingerprint density at radius 3 is 1.86 bits per heavy atom. The van der Waals surface area contributed by atoms with Gasteiger partial charge in [0, 0.05) is 77.8 Å². The fraction of sp³-hybridized carbons (Fsp3) is 0.786. The highest BCUT2D eigenvalue weighted by Gasteiger charge is 2.39. The van der Waals surface area contributed by atoms with Crippen molar-refractivity contribution in [2.75, 3.05) is 105 Å². The van der Waals surface area contributed by atoms with Gasteiger partial charge in [0.1, 0.15) is 19.3 Å². The van der Waals surface area contributed by atoms with Crippen LogP contribution in [0.1, 0.15) is 65.2 Å². The number of carbonyl (C=O) groups is 9. The van der Waals surface area contributed by atoms with E-state index in [1.165, 1.54) is 7.11 Å². The molecule has 11 N–H and O–H groups in total. The number of likely N-dealkylation sites (tertiary alicyclic amines) is 1. The Morgan fingerprint density at radius 2 is 1.27 bits per heavy atom. The average Bonchev–Trinajstić information content (AvgIpc) is 3.61. The summed E-state index contributed by atoms with van der Waals surface area (Å²) in [5.74, 6) is -4.34. The van der Waals surface area contributed by atoms with Gasteiger partial charge in [-0.05, 0) is 26.2 Å². The highest BCUT2D eigenvalue weighted by atomic mass is 32.2. The Labute approximate surface area is 415 Å². The molecular formula is C42H73N7O21S. The number of ether oxygens (including phenoxy) is 8. The molecule has 0 aromatic rings. The van der Waals surface area contributed by atoms with Crippen LogP contribution in [-0.2, 0) is 71.5 Å². The summed E-state index contributed by atoms with van der Waals surface area (Å²) in [6, 6.07) is -1.16. The van der Waals surface area contributed by atoms with E-state index in [-0.39, 0.29) is 136 Å². The summed E-state index contributed by atoms with van der Waals surface area (Å²) in [7, 11) is 1.31. The number of carboxylic acids is 2. The van der Waals surface area contributed by atoms with Gasteiger partial charge >= 0.3 is 24.1 Å². The van der Waals surface area contributed by atoms with E-state index in [1.807, 2.05) is 0 Å². The minimum Gasteiger partial charge on any atom is -0.481 e. The van der Waals surface area contributed by atoms with Crippen LogP contribution in [0.25, 0.3) is 0 Å². The number of nitrogens with one attached hydrogen (secondary N) is 5. The van der Waals surface area contributed by atoms with Crippen molar-refractivity contribution >= 4 is 65.4 Å². The number of rotatable bonds is 42. The molecule has 7 atom stereocenters. The lowest BCUT2D eigenvalue weighted by Gasteiger charge is -2.27. The fourth-order valence-corrected chi connectivity index (χ4v) is 6.91. The Balaban J connectivity index is 2.16. The van der Waals surface area contributed by atoms with Gasteiger partial charge in [0.25, 0.3) is 0 Å². The maximum Gasteiger partial charge on any atom is 0.407 e. The number of aliphatic carboxylic acids is 2. The molecule has 1 fully saturated rings. The molecule has 0 bridgehead atoms. The number of aliphatic hydroxyl groups excluding tert-OH is 2. The van der Waals surface area contributed by atoms with Gasteiger partial charge in [-0.2, -0.15) is 0 Å². The van der Waals surface area contributed by atoms with Gasteiger partial charge in [-0.3, -0.25) is 38.5 Å². The first-order valence-electron chi connectivity index (χ1n) is 23.1. The number of amides is 7. The van der Waals surface area contributed by atoms with Crippen molar-refractivity contribution in [2.24, 2.45) is 5.73 Å². The number of alkyl carbamates (subject to hydrolysis) is 2. The predicted molar refractivity (Wildman–Crippen MR) is 247 cm³/mol. The highest BCUT2D eigenvalue weighted by Crippen LogP contribution is 2.25. The van der Waals surface area contributed by atoms with Crippen molar-refractivity contribution < 1.29 is 101 Å². The first-order valence-corrected chi connectivity index (χ1v) is 24.1. The summed E-state index contributed by atoms with van der Waals surface area (Å²) in [5.41, 5.74) is 5.45. The molecule has 0 saturated carbocycles. The molecular weight excluding hydrogens is 971 g/mol. The molecule has 1 rings (SSSR count). The Kier molecular flexibility index (Phi) is 34.9. The van der Waals surface area contributed by atoms with Crippen molar-refractivity contribution in [1.82, 2.24) is 31.5 Å². The first-order chi connectivity index (χ1) is 33.9. The van der Waals surface area contributed by atoms with Crippen LogP contribution in [0.2, 0.25) is 0 Å². The fourth-order valence-electron chi connectivity index (χ4n) is 5.80. The second-order valence-corrected chi connectivity index (χ2v) is 16.7. The lowest BCUT2D eigenvalue weighted by Crippen LogP contribution is -2.37. The molecule has 0 aromatic heterocycles. The van der Waals surface area contributed by atoms with Crippen molar-refractivity contribution in [1.29, 1.82) is 0 Å². The van der Waals surface area contributed by atoms with Crippen LogP contribution < -0.4 is 32.3 Å². The lowest BCUT2D eigenvalue weighted by atomic mass is 10.1. The maximum atomic E-state index is 12.5. The number of methoxy groups -OCH3 is 1. The van der Waals surface area contributed by atoms with Crippen LogP contribution >= 0.6 is 11.8 Å². The molecule has 1 aliphatic heterocycles. The average molecular weight is 1040 g/mol. The summed E-state index contributed by atoms with van der Waals surface area (Å²) in [6.45, 7) is 2.86. The number of imide groups is 1. The molecule has 408 valence electrons. The number of hydrogen-bond acceptors (Lipinski definition) is 21. The highest BCUT2D eigenvalue weighted by molar-refractivity contribution is 8.00. The minimum absolute atomic E-state index is 0.0261. The summed E-state index contributed by atoms with van der Waals surface area (Å²) < 4.78 is 43.5. The first kappa shape index (κ1) is 64.0. The van der Waals surface area contributed by atoms with Crippen molar-refractivity contribution in [2.45, 2.75) is 107 Å². The molecule has 1 heterocycles. The van der Waals surface area contributed by atoms with Gasteiger partial charge in [-0.15, -0.1) is 11.8 Å². The summed E-state index contributed by atoms with van der Waals surface area (Å²) >= 11 is 0.999. The zero-order chi connectivity index (χ0) is 53.0. The predicted octanol–water partition coefficient (Wildman–Crippen LogP) is -2.61. The molecule has 0 spiro atoms. The van der Waals surface area contributed by atoms with Crippen molar-refractivity contribution in [3.63, 3.8) is 0 Å². The topological polar surface area (TPSA) is 398 Å². The van der Waals surface area contributed by atoms with E-state index in [0.29, 0.717) is 12.8 Å². The SMILES string of the molecule is CCC(CO)OC(COC(=O)NCCC(=O)O)OC(C)CCC(CO)OC(COC(=O)NCCC(=O)NCCNC(=O)CCOCCOCCNC(=O)CCN1C(=O)CC(SCC(N)C(=O)O)C1=O)OC. The number of carbonyl (C=O) groups excluding carboxylic acids is 7. The third-order valence-electron chi connectivity index (χ3n) is 9.77. The molecule has 28 nitrogen and oxygen atoms in total. The smallest absolute Gasteiger partial charge is 0.407 e. The van der Waals surface area contributed by atoms with Gasteiger partial charge < -0.3 is 90.6 Å². The number of aliphatic hydroxyl groups is 2. The van der Waals surface area contributed by atoms with Crippen LogP contribution in [0.15, 0.2) is 0 Å². The van der Waals surface area contributed by atoms with Crippen LogP contribution in [-0.4, -0.2) is 226 Å². The molecule has 1 saturated heterocycles. The third kappa shape index (κ3) is 31.2. The van der Waals surface area contributed by atoms with Crippen molar-refractivity contribution in [3.8, 4) is 0 Å². The number of hydrogen-bond donors (Lipinski definition) is 10. The lowest BCUT2D eigenvalue weighted by molar-refractivity contribution is -0.216. The van der Waals surface area contributed by atoms with Gasteiger partial charge in [-0.25, -0.2) is 9.59 Å².